The largest absolute Gasteiger partial charge is 0.387 e. The van der Waals surface area contributed by atoms with E-state index in [1.54, 1.807) is 6.08 Å². The van der Waals surface area contributed by atoms with Crippen LogP contribution in [0.1, 0.15) is 219 Å². The molecule has 0 aromatic carbocycles. The average molecular weight is 768 g/mol. The number of carbonyl (C=O) groups excluding carboxylic acids is 1. The second-order valence-corrected chi connectivity index (χ2v) is 17.0. The maximum Gasteiger partial charge on any atom is 0.267 e. The maximum absolute atomic E-state index is 12.6. The molecule has 0 rings (SSSR count). The van der Waals surface area contributed by atoms with E-state index in [-0.39, 0.29) is 6.42 Å². The highest BCUT2D eigenvalue weighted by molar-refractivity contribution is 7.85. The number of nitrogens with one attached hydrogen (secondary N) is 1. The third-order valence-electron chi connectivity index (χ3n) is 10.1. The number of allylic oxidation sites excluding steroid dienone is 5. The van der Waals surface area contributed by atoms with Crippen LogP contribution in [0.25, 0.3) is 0 Å². The van der Waals surface area contributed by atoms with Gasteiger partial charge in [-0.3, -0.25) is 9.35 Å². The molecule has 0 aromatic rings. The summed E-state index contributed by atoms with van der Waals surface area (Å²) in [5.74, 6) is -1.56. The van der Waals surface area contributed by atoms with E-state index in [1.807, 2.05) is 0 Å². The van der Waals surface area contributed by atoms with Gasteiger partial charge in [-0.2, -0.15) is 8.42 Å². The summed E-state index contributed by atoms with van der Waals surface area (Å²) in [5, 5.41) is 23.4. The van der Waals surface area contributed by atoms with Gasteiger partial charge in [-0.1, -0.05) is 198 Å². The average Bonchev–Trinajstić information content (AvgIpc) is 3.12. The summed E-state index contributed by atoms with van der Waals surface area (Å²) in [6.07, 6.45) is 47.7. The van der Waals surface area contributed by atoms with Gasteiger partial charge in [-0.15, -0.1) is 0 Å². The highest BCUT2D eigenvalue weighted by Crippen LogP contribution is 2.15. The summed E-state index contributed by atoms with van der Waals surface area (Å²) >= 11 is 0. The number of carbonyl (C=O) groups is 1. The van der Waals surface area contributed by atoms with Gasteiger partial charge in [0.2, 0.25) is 5.91 Å². The van der Waals surface area contributed by atoms with Crippen molar-refractivity contribution in [3.63, 3.8) is 0 Å². The predicted octanol–water partition coefficient (Wildman–Crippen LogP) is 12.3. The molecular formula is C45H85NO6S. The van der Waals surface area contributed by atoms with E-state index in [9.17, 15) is 28.0 Å². The van der Waals surface area contributed by atoms with Gasteiger partial charge in [0.25, 0.3) is 10.1 Å². The van der Waals surface area contributed by atoms with Crippen LogP contribution in [0.3, 0.4) is 0 Å². The van der Waals surface area contributed by atoms with Gasteiger partial charge < -0.3 is 15.5 Å². The molecule has 3 unspecified atom stereocenters. The Balaban J connectivity index is 4.04. The molecule has 0 heterocycles. The van der Waals surface area contributed by atoms with Gasteiger partial charge in [-0.25, -0.2) is 0 Å². The monoisotopic (exact) mass is 768 g/mol. The zero-order chi connectivity index (χ0) is 39.1. The Labute approximate surface area is 328 Å². The maximum atomic E-state index is 12.6. The fourth-order valence-electron chi connectivity index (χ4n) is 6.70. The summed E-state index contributed by atoms with van der Waals surface area (Å²) in [6.45, 7) is 4.52. The number of aliphatic hydroxyl groups is 2. The molecule has 0 spiro atoms. The van der Waals surface area contributed by atoms with Crippen molar-refractivity contribution >= 4 is 16.0 Å². The molecule has 0 saturated heterocycles. The first-order valence-corrected chi connectivity index (χ1v) is 23.9. The van der Waals surface area contributed by atoms with Crippen LogP contribution in [0, 0.1) is 0 Å². The lowest BCUT2D eigenvalue weighted by Crippen LogP contribution is -2.50. The van der Waals surface area contributed by atoms with Crippen LogP contribution in [0.2, 0.25) is 0 Å². The van der Waals surface area contributed by atoms with E-state index in [0.29, 0.717) is 12.8 Å². The molecule has 0 bridgehead atoms. The van der Waals surface area contributed by atoms with E-state index in [1.165, 1.54) is 154 Å². The fraction of sp³-hybridized carbons (Fsp3) is 0.844. The molecular weight excluding hydrogens is 683 g/mol. The van der Waals surface area contributed by atoms with E-state index in [4.69, 9.17) is 0 Å². The zero-order valence-corrected chi connectivity index (χ0v) is 35.3. The molecule has 53 heavy (non-hydrogen) atoms. The minimum absolute atomic E-state index is 0.267. The SMILES string of the molecule is CCCCCCCC/C=C\CCCCCCCCC(O)C(=O)NC(CS(=O)(=O)O)C(O)/C=C/CC/C=C/CCCCCCCCCCCCCCCC. The summed E-state index contributed by atoms with van der Waals surface area (Å²) in [4.78, 5) is 12.6. The topological polar surface area (TPSA) is 124 Å². The van der Waals surface area contributed by atoms with Gasteiger partial charge >= 0.3 is 0 Å². The molecule has 0 fully saturated rings. The number of hydrogen-bond acceptors (Lipinski definition) is 5. The van der Waals surface area contributed by atoms with E-state index < -0.39 is 40.0 Å². The van der Waals surface area contributed by atoms with Crippen molar-refractivity contribution in [2.45, 2.75) is 238 Å². The molecule has 0 radical (unpaired) electrons. The zero-order valence-electron chi connectivity index (χ0n) is 34.5. The van der Waals surface area contributed by atoms with Crippen LogP contribution in [0.15, 0.2) is 36.5 Å². The smallest absolute Gasteiger partial charge is 0.267 e. The number of aliphatic hydroxyl groups excluding tert-OH is 2. The third-order valence-corrected chi connectivity index (χ3v) is 10.9. The molecule has 8 heteroatoms. The van der Waals surface area contributed by atoms with Crippen LogP contribution in [-0.2, 0) is 14.9 Å². The molecule has 0 aliphatic carbocycles. The van der Waals surface area contributed by atoms with Crippen LogP contribution in [0.4, 0.5) is 0 Å². The highest BCUT2D eigenvalue weighted by Gasteiger charge is 2.27. The van der Waals surface area contributed by atoms with Gasteiger partial charge in [0, 0.05) is 0 Å². The van der Waals surface area contributed by atoms with Crippen molar-refractivity contribution in [3.8, 4) is 0 Å². The Hall–Kier alpha value is -1.48. The minimum Gasteiger partial charge on any atom is -0.387 e. The Morgan fingerprint density at radius 2 is 0.849 bits per heavy atom. The highest BCUT2D eigenvalue weighted by atomic mass is 32.2. The molecule has 1 amide bonds. The Morgan fingerprint density at radius 1 is 0.509 bits per heavy atom. The first-order chi connectivity index (χ1) is 25.7. The summed E-state index contributed by atoms with van der Waals surface area (Å²) in [6, 6.07) is -1.25. The molecule has 0 saturated carbocycles. The number of rotatable bonds is 40. The number of unbranched alkanes of at least 4 members (excludes halogenated alkanes) is 27. The molecule has 0 aromatic heterocycles. The van der Waals surface area contributed by atoms with Crippen molar-refractivity contribution in [2.24, 2.45) is 0 Å². The Kier molecular flexibility index (Phi) is 37.7. The minimum atomic E-state index is -4.45. The normalized spacial score (nSPS) is 14.1. The Morgan fingerprint density at radius 3 is 1.25 bits per heavy atom. The van der Waals surface area contributed by atoms with Crippen LogP contribution in [-0.4, -0.2) is 53.1 Å². The van der Waals surface area contributed by atoms with Crippen molar-refractivity contribution < 1.29 is 28.0 Å². The molecule has 4 N–H and O–H groups in total. The second kappa shape index (κ2) is 38.8. The lowest BCUT2D eigenvalue weighted by atomic mass is 10.0. The quantitative estimate of drug-likeness (QED) is 0.0280. The van der Waals surface area contributed by atoms with Crippen molar-refractivity contribution in [3.05, 3.63) is 36.5 Å². The second-order valence-electron chi connectivity index (χ2n) is 15.5. The number of hydrogen-bond donors (Lipinski definition) is 4. The molecule has 0 aliphatic heterocycles. The summed E-state index contributed by atoms with van der Waals surface area (Å²) in [7, 11) is -4.45. The van der Waals surface area contributed by atoms with E-state index in [2.05, 4.69) is 43.5 Å². The van der Waals surface area contributed by atoms with Gasteiger partial charge in [0.1, 0.15) is 6.10 Å². The first kappa shape index (κ1) is 51.5. The fourth-order valence-corrected chi connectivity index (χ4v) is 7.44. The molecule has 3 atom stereocenters. The van der Waals surface area contributed by atoms with Gasteiger partial charge in [0.05, 0.1) is 17.9 Å². The number of amides is 1. The van der Waals surface area contributed by atoms with E-state index >= 15 is 0 Å². The van der Waals surface area contributed by atoms with Gasteiger partial charge in [0.15, 0.2) is 0 Å². The molecule has 312 valence electrons. The summed E-state index contributed by atoms with van der Waals surface area (Å²) < 4.78 is 32.6. The first-order valence-electron chi connectivity index (χ1n) is 22.3. The van der Waals surface area contributed by atoms with Crippen LogP contribution >= 0.6 is 0 Å². The lowest BCUT2D eigenvalue weighted by molar-refractivity contribution is -0.130. The van der Waals surface area contributed by atoms with E-state index in [0.717, 1.165) is 38.5 Å². The lowest BCUT2D eigenvalue weighted by Gasteiger charge is -2.22. The predicted molar refractivity (Wildman–Crippen MR) is 227 cm³/mol. The third kappa shape index (κ3) is 38.6. The van der Waals surface area contributed by atoms with Crippen LogP contribution in [0.5, 0.6) is 0 Å². The van der Waals surface area contributed by atoms with Crippen molar-refractivity contribution in [2.75, 3.05) is 5.75 Å². The van der Waals surface area contributed by atoms with Crippen molar-refractivity contribution in [1.29, 1.82) is 0 Å². The summed E-state index contributed by atoms with van der Waals surface area (Å²) in [5.41, 5.74) is 0. The van der Waals surface area contributed by atoms with Crippen LogP contribution < -0.4 is 5.32 Å². The van der Waals surface area contributed by atoms with Crippen molar-refractivity contribution in [1.82, 2.24) is 5.32 Å². The molecule has 0 aliphatic rings. The standard InChI is InChI=1S/C45H85NO6S/c1-3-5-7-9-11-13-15-17-19-21-22-23-24-26-27-29-31-33-35-37-39-43(47)42(41-53(50,51)52)46-45(49)44(48)40-38-36-34-32-30-28-25-20-18-16-14-12-10-8-6-4-2/h18,20,29,31,37,39,42-44,47-48H,3-17,19,21-28,30,32-36,38,40-41H2,1-2H3,(H,46,49)(H,50,51,52)/b20-18-,31-29+,39-37+. The molecule has 7 nitrogen and oxygen atoms in total. The Bertz CT molecular complexity index is 995. The van der Waals surface area contributed by atoms with Gasteiger partial charge in [-0.05, 0) is 57.8 Å².